The van der Waals surface area contributed by atoms with Gasteiger partial charge >= 0.3 is 0 Å². The third kappa shape index (κ3) is 8.53. The van der Waals surface area contributed by atoms with Crippen molar-refractivity contribution >= 4 is 5.96 Å². The molecule has 0 spiro atoms. The van der Waals surface area contributed by atoms with Crippen LogP contribution in [0.1, 0.15) is 34.1 Å². The molecule has 6 nitrogen and oxygen atoms in total. The summed E-state index contributed by atoms with van der Waals surface area (Å²) in [5.74, 6) is 1.49. The highest BCUT2D eigenvalue weighted by Crippen LogP contribution is 2.13. The molecule has 6 heteroatoms. The van der Waals surface area contributed by atoms with Gasteiger partial charge in [0.15, 0.2) is 5.96 Å². The number of aliphatic imine (C=N–C) groups is 1. The zero-order chi connectivity index (χ0) is 16.9. The molecule has 1 fully saturated rings. The molecule has 1 aliphatic heterocycles. The molecule has 0 aromatic carbocycles. The molecule has 0 aromatic heterocycles. The molecule has 2 N–H and O–H groups in total. The van der Waals surface area contributed by atoms with Gasteiger partial charge in [-0.25, -0.2) is 0 Å². The van der Waals surface area contributed by atoms with Crippen molar-refractivity contribution < 1.29 is 9.47 Å². The molecule has 0 aromatic rings. The first-order valence-corrected chi connectivity index (χ1v) is 9.10. The number of rotatable bonds is 10. The van der Waals surface area contributed by atoms with Crippen molar-refractivity contribution in [2.24, 2.45) is 10.9 Å². The first kappa shape index (κ1) is 20.2. The molecule has 23 heavy (non-hydrogen) atoms. The number of ether oxygens (including phenoxy) is 2. The standard InChI is InChI=1S/C17H36N4O2/c1-5-18-17(19-8-7-11-22-6-2)20-14-16(15(3)4)21-9-12-23-13-10-21/h15-16H,5-14H2,1-4H3,(H2,18,19,20). The summed E-state index contributed by atoms with van der Waals surface area (Å²) in [6, 6.07) is 0.470. The molecule has 0 bridgehead atoms. The molecule has 1 heterocycles. The van der Waals surface area contributed by atoms with Gasteiger partial charge in [0.2, 0.25) is 0 Å². The molecule has 136 valence electrons. The molecular weight excluding hydrogens is 292 g/mol. The van der Waals surface area contributed by atoms with Crippen molar-refractivity contribution in [1.82, 2.24) is 15.5 Å². The van der Waals surface area contributed by atoms with Crippen molar-refractivity contribution in [3.8, 4) is 0 Å². The van der Waals surface area contributed by atoms with E-state index in [0.717, 1.165) is 71.5 Å². The summed E-state index contributed by atoms with van der Waals surface area (Å²) < 4.78 is 10.8. The van der Waals surface area contributed by atoms with Crippen molar-refractivity contribution in [2.75, 3.05) is 59.2 Å². The smallest absolute Gasteiger partial charge is 0.191 e. The van der Waals surface area contributed by atoms with E-state index >= 15 is 0 Å². The highest BCUT2D eigenvalue weighted by molar-refractivity contribution is 5.79. The Morgan fingerprint density at radius 1 is 1.22 bits per heavy atom. The van der Waals surface area contributed by atoms with E-state index in [-0.39, 0.29) is 0 Å². The van der Waals surface area contributed by atoms with E-state index in [1.807, 2.05) is 6.92 Å². The van der Waals surface area contributed by atoms with Crippen molar-refractivity contribution in [3.63, 3.8) is 0 Å². The van der Waals surface area contributed by atoms with Crippen LogP contribution in [0.25, 0.3) is 0 Å². The molecule has 1 aliphatic rings. The first-order chi connectivity index (χ1) is 11.2. The van der Waals surface area contributed by atoms with Crippen LogP contribution in [-0.2, 0) is 9.47 Å². The van der Waals surface area contributed by atoms with Gasteiger partial charge < -0.3 is 20.1 Å². The number of nitrogens with one attached hydrogen (secondary N) is 2. The SMILES string of the molecule is CCNC(=NCC(C(C)C)N1CCOCC1)NCCCOCC. The summed E-state index contributed by atoms with van der Waals surface area (Å²) in [6.45, 7) is 16.5. The summed E-state index contributed by atoms with van der Waals surface area (Å²) in [4.78, 5) is 7.31. The maximum Gasteiger partial charge on any atom is 0.191 e. The van der Waals surface area contributed by atoms with Gasteiger partial charge in [0, 0.05) is 45.4 Å². The zero-order valence-electron chi connectivity index (χ0n) is 15.4. The highest BCUT2D eigenvalue weighted by atomic mass is 16.5. The van der Waals surface area contributed by atoms with E-state index in [0.29, 0.717) is 12.0 Å². The number of hydrogen-bond acceptors (Lipinski definition) is 4. The first-order valence-electron chi connectivity index (χ1n) is 9.10. The van der Waals surface area contributed by atoms with Gasteiger partial charge in [-0.3, -0.25) is 9.89 Å². The van der Waals surface area contributed by atoms with E-state index in [1.54, 1.807) is 0 Å². The Hall–Kier alpha value is -0.850. The van der Waals surface area contributed by atoms with Crippen LogP contribution in [0.5, 0.6) is 0 Å². The minimum atomic E-state index is 0.470. The molecule has 1 rings (SSSR count). The Bertz CT molecular complexity index is 318. The predicted octanol–water partition coefficient (Wildman–Crippen LogP) is 1.32. The summed E-state index contributed by atoms with van der Waals surface area (Å²) in [5.41, 5.74) is 0. The number of morpholine rings is 1. The topological polar surface area (TPSA) is 58.1 Å². The van der Waals surface area contributed by atoms with E-state index in [1.165, 1.54) is 0 Å². The summed E-state index contributed by atoms with van der Waals surface area (Å²) in [7, 11) is 0. The highest BCUT2D eigenvalue weighted by Gasteiger charge is 2.23. The molecule has 0 radical (unpaired) electrons. The molecule has 1 atom stereocenters. The molecule has 0 aliphatic carbocycles. The monoisotopic (exact) mass is 328 g/mol. The lowest BCUT2D eigenvalue weighted by Crippen LogP contribution is -2.48. The third-order valence-electron chi connectivity index (χ3n) is 4.03. The Balaban J connectivity index is 2.47. The van der Waals surface area contributed by atoms with Crippen LogP contribution in [0.2, 0.25) is 0 Å². The van der Waals surface area contributed by atoms with Crippen LogP contribution in [-0.4, -0.2) is 76.1 Å². The average Bonchev–Trinajstić information content (AvgIpc) is 2.55. The quantitative estimate of drug-likeness (QED) is 0.360. The van der Waals surface area contributed by atoms with Gasteiger partial charge in [-0.1, -0.05) is 13.8 Å². The lowest BCUT2D eigenvalue weighted by atomic mass is 10.0. The van der Waals surface area contributed by atoms with Gasteiger partial charge in [-0.05, 0) is 26.2 Å². The van der Waals surface area contributed by atoms with Gasteiger partial charge in [0.1, 0.15) is 0 Å². The Labute approximate surface area is 142 Å². The molecule has 0 saturated carbocycles. The summed E-state index contributed by atoms with van der Waals surface area (Å²) in [5, 5.41) is 6.72. The van der Waals surface area contributed by atoms with E-state index < -0.39 is 0 Å². The molecule has 1 saturated heterocycles. The maximum absolute atomic E-state index is 5.47. The van der Waals surface area contributed by atoms with Crippen LogP contribution in [0.3, 0.4) is 0 Å². The van der Waals surface area contributed by atoms with Crippen molar-refractivity contribution in [1.29, 1.82) is 0 Å². The number of nitrogens with zero attached hydrogens (tertiary/aromatic N) is 2. The van der Waals surface area contributed by atoms with Crippen LogP contribution < -0.4 is 10.6 Å². The third-order valence-corrected chi connectivity index (χ3v) is 4.03. The summed E-state index contributed by atoms with van der Waals surface area (Å²) >= 11 is 0. The Morgan fingerprint density at radius 2 is 1.96 bits per heavy atom. The second-order valence-electron chi connectivity index (χ2n) is 6.16. The van der Waals surface area contributed by atoms with E-state index in [2.05, 4.69) is 36.3 Å². The molecule has 1 unspecified atom stereocenters. The van der Waals surface area contributed by atoms with Gasteiger partial charge in [-0.15, -0.1) is 0 Å². The second kappa shape index (κ2) is 12.6. The van der Waals surface area contributed by atoms with E-state index in [4.69, 9.17) is 14.5 Å². The zero-order valence-corrected chi connectivity index (χ0v) is 15.4. The fourth-order valence-corrected chi connectivity index (χ4v) is 2.71. The minimum absolute atomic E-state index is 0.470. The maximum atomic E-state index is 5.47. The van der Waals surface area contributed by atoms with Crippen molar-refractivity contribution in [3.05, 3.63) is 0 Å². The fraction of sp³-hybridized carbons (Fsp3) is 0.941. The number of hydrogen-bond donors (Lipinski definition) is 2. The summed E-state index contributed by atoms with van der Waals surface area (Å²) in [6.07, 6.45) is 0.995. The van der Waals surface area contributed by atoms with Crippen LogP contribution in [0.15, 0.2) is 4.99 Å². The lowest BCUT2D eigenvalue weighted by Gasteiger charge is -2.36. The minimum Gasteiger partial charge on any atom is -0.382 e. The van der Waals surface area contributed by atoms with E-state index in [9.17, 15) is 0 Å². The van der Waals surface area contributed by atoms with Gasteiger partial charge in [0.05, 0.1) is 19.8 Å². The normalized spacial score (nSPS) is 18.2. The second-order valence-corrected chi connectivity index (χ2v) is 6.16. The number of guanidine groups is 1. The van der Waals surface area contributed by atoms with Crippen LogP contribution >= 0.6 is 0 Å². The molecule has 0 amide bonds. The Morgan fingerprint density at radius 3 is 2.57 bits per heavy atom. The molecular formula is C17H36N4O2. The van der Waals surface area contributed by atoms with Gasteiger partial charge in [-0.2, -0.15) is 0 Å². The van der Waals surface area contributed by atoms with Crippen molar-refractivity contribution in [2.45, 2.75) is 40.2 Å². The van der Waals surface area contributed by atoms with Crippen LogP contribution in [0.4, 0.5) is 0 Å². The van der Waals surface area contributed by atoms with Gasteiger partial charge in [0.25, 0.3) is 0 Å². The van der Waals surface area contributed by atoms with Crippen LogP contribution in [0, 0.1) is 5.92 Å². The Kier molecular flexibility index (Phi) is 11.0. The lowest BCUT2D eigenvalue weighted by molar-refractivity contribution is 0.00867. The predicted molar refractivity (Wildman–Crippen MR) is 96.1 cm³/mol. The fourth-order valence-electron chi connectivity index (χ4n) is 2.71. The largest absolute Gasteiger partial charge is 0.382 e. The average molecular weight is 329 g/mol.